The lowest BCUT2D eigenvalue weighted by molar-refractivity contribution is -0.392. The van der Waals surface area contributed by atoms with Crippen LogP contribution < -0.4 is 10.6 Å². The summed E-state index contributed by atoms with van der Waals surface area (Å²) in [5, 5.41) is 171. The Kier molecular flexibility index (Phi) is 43.9. The van der Waals surface area contributed by atoms with Gasteiger partial charge in [-0.05, 0) is 26.2 Å². The number of carbonyl (C=O) groups is 2. The smallest absolute Gasteiger partial charge is 0.220 e. The zero-order valence-electron chi connectivity index (χ0n) is 60.5. The number of hydrogen-bond donors (Lipinski definition) is 17. The molecule has 10 unspecified atom stereocenters. The zero-order chi connectivity index (χ0) is 73.8. The SMILES string of the molecule is CCCCCCCCCCCCC/C=C/[C@@H](O)[C@H](CO[C@@H]1OC(CO)[C@@H](O[C@@H]2OC(CO)[C@H](O)[C@H](O[C@@H]3OC(CO)[C@@H](O[C@@H]4OC(CO)[C@H](O)[C@H](O)C4O)[C@H](O[C@H]4OC(C)[C@@H](O)C(O)[C@@H]4O)C3NC(C)=O)C2O)[C@H](O)C1O)NC(=O)CCCCCCCCCCCCCCCCCCCCC. The third-order valence-electron chi connectivity index (χ3n) is 20.2. The van der Waals surface area contributed by atoms with Crippen molar-refractivity contribution in [2.45, 2.75) is 399 Å². The molecule has 5 aliphatic heterocycles. The molecule has 0 radical (unpaired) electrons. The molecule has 0 spiro atoms. The summed E-state index contributed by atoms with van der Waals surface area (Å²) in [6, 6.07) is -2.83. The second kappa shape index (κ2) is 49.6. The molecule has 0 aromatic carbocycles. The fourth-order valence-electron chi connectivity index (χ4n) is 13.9. The van der Waals surface area contributed by atoms with Crippen LogP contribution in [0.3, 0.4) is 0 Å². The largest absolute Gasteiger partial charge is 0.394 e. The van der Waals surface area contributed by atoms with E-state index in [1.165, 1.54) is 142 Å². The number of ether oxygens (including phenoxy) is 10. The van der Waals surface area contributed by atoms with E-state index in [4.69, 9.17) is 47.4 Å². The van der Waals surface area contributed by atoms with E-state index in [0.717, 1.165) is 58.3 Å². The van der Waals surface area contributed by atoms with Crippen molar-refractivity contribution in [2.24, 2.45) is 0 Å². The summed E-state index contributed by atoms with van der Waals surface area (Å²) >= 11 is 0. The van der Waals surface area contributed by atoms with Gasteiger partial charge >= 0.3 is 0 Å². The summed E-state index contributed by atoms with van der Waals surface area (Å²) in [5.41, 5.74) is 0. The van der Waals surface area contributed by atoms with Gasteiger partial charge in [-0.3, -0.25) is 9.59 Å². The molecule has 5 fully saturated rings. The molecule has 101 heavy (non-hydrogen) atoms. The van der Waals surface area contributed by atoms with Gasteiger partial charge in [0, 0.05) is 13.3 Å². The Morgan fingerprint density at radius 3 is 1.29 bits per heavy atom. The van der Waals surface area contributed by atoms with Crippen molar-refractivity contribution in [3.63, 3.8) is 0 Å². The van der Waals surface area contributed by atoms with Crippen molar-refractivity contribution < 1.29 is 134 Å². The number of nitrogens with one attached hydrogen (secondary N) is 2. The Labute approximate surface area is 597 Å². The Morgan fingerprint density at radius 2 is 0.792 bits per heavy atom. The van der Waals surface area contributed by atoms with Crippen molar-refractivity contribution in [3.05, 3.63) is 12.2 Å². The van der Waals surface area contributed by atoms with Crippen LogP contribution in [-0.2, 0) is 57.0 Å². The first kappa shape index (κ1) is 89.3. The van der Waals surface area contributed by atoms with E-state index >= 15 is 0 Å². The first-order chi connectivity index (χ1) is 48.7. The van der Waals surface area contributed by atoms with Gasteiger partial charge in [-0.1, -0.05) is 206 Å². The van der Waals surface area contributed by atoms with Gasteiger partial charge in [-0.15, -0.1) is 0 Å². The molecule has 5 heterocycles. The van der Waals surface area contributed by atoms with Crippen molar-refractivity contribution >= 4 is 11.8 Å². The summed E-state index contributed by atoms with van der Waals surface area (Å²) < 4.78 is 59.8. The predicted molar refractivity (Wildman–Crippen MR) is 367 cm³/mol. The molecule has 0 bridgehead atoms. The third kappa shape index (κ3) is 29.3. The summed E-state index contributed by atoms with van der Waals surface area (Å²) in [6.07, 6.45) is -5.16. The van der Waals surface area contributed by atoms with E-state index in [1.54, 1.807) is 6.08 Å². The highest BCUT2D eigenvalue weighted by molar-refractivity contribution is 5.76. The highest BCUT2D eigenvalue weighted by atomic mass is 16.8. The maximum Gasteiger partial charge on any atom is 0.220 e. The average molecular weight is 1460 g/mol. The van der Waals surface area contributed by atoms with Gasteiger partial charge in [0.05, 0.1) is 51.3 Å². The molecule has 0 aliphatic carbocycles. The number of aliphatic hydroxyl groups excluding tert-OH is 15. The second-order valence-corrected chi connectivity index (χ2v) is 28.5. The molecule has 0 aromatic heterocycles. The third-order valence-corrected chi connectivity index (χ3v) is 20.2. The number of allylic oxidation sites excluding steroid dienone is 1. The Morgan fingerprint density at radius 1 is 0.406 bits per heavy atom. The molecule has 27 atom stereocenters. The molecular formula is C72H132N2O27. The lowest BCUT2D eigenvalue weighted by Gasteiger charge is -2.51. The lowest BCUT2D eigenvalue weighted by atomic mass is 9.93. The van der Waals surface area contributed by atoms with Crippen molar-refractivity contribution in [3.8, 4) is 0 Å². The fraction of sp³-hybridized carbons (Fsp3) is 0.944. The van der Waals surface area contributed by atoms with Gasteiger partial charge in [-0.25, -0.2) is 0 Å². The van der Waals surface area contributed by atoms with Crippen LogP contribution in [0.2, 0.25) is 0 Å². The minimum atomic E-state index is -2.18. The summed E-state index contributed by atoms with van der Waals surface area (Å²) in [6.45, 7) is 2.59. The van der Waals surface area contributed by atoms with Crippen molar-refractivity contribution in [2.75, 3.05) is 33.0 Å². The minimum Gasteiger partial charge on any atom is -0.394 e. The van der Waals surface area contributed by atoms with E-state index in [1.807, 2.05) is 6.08 Å². The molecule has 29 nitrogen and oxygen atoms in total. The zero-order valence-corrected chi connectivity index (χ0v) is 60.5. The summed E-state index contributed by atoms with van der Waals surface area (Å²) in [7, 11) is 0. The first-order valence-corrected chi connectivity index (χ1v) is 38.3. The molecule has 0 saturated carbocycles. The molecule has 592 valence electrons. The number of rotatable bonds is 51. The van der Waals surface area contributed by atoms with E-state index < -0.39 is 205 Å². The number of amides is 2. The predicted octanol–water partition coefficient (Wildman–Crippen LogP) is 2.20. The number of unbranched alkanes of at least 4 members (excludes halogenated alkanes) is 29. The standard InChI is InChI=1S/C72H132N2O27/c1-5-7-9-11-13-15-17-19-20-21-22-23-24-26-28-30-32-34-36-38-52(81)74-46(47(80)37-35-33-31-29-27-25-18-16-14-12-10-8-6-2)43-92-69-62(90)59(87)64(50(41-77)97-69)98-72-63(91)67(56(84)49(40-76)95-72)101-68-53(73-45(4)79)66(100-70-60(88)57(85)54(82)44(3)93-70)65(51(42-78)96-68)99-71-61(89)58(86)55(83)48(39-75)94-71/h35,37,44,46-51,53-72,75-78,80,82-91H,5-34,36,38-43H2,1-4H3,(H,73,79)(H,74,81)/b37-35+/t44?,46-,47+,48?,49?,50?,51?,53?,54+,55-,56-,57?,58-,59+,60-,61?,62?,63?,64+,65+,66+,67-,68-,69+,70+,71-,72-/m0/s1. The maximum atomic E-state index is 13.5. The topological polar surface area (TPSA) is 454 Å². The molecule has 17 N–H and O–H groups in total. The van der Waals surface area contributed by atoms with E-state index in [2.05, 4.69) is 24.5 Å². The van der Waals surface area contributed by atoms with Crippen LogP contribution in [0.25, 0.3) is 0 Å². The van der Waals surface area contributed by atoms with Crippen LogP contribution in [0.4, 0.5) is 0 Å². The molecule has 2 amide bonds. The molecule has 0 aromatic rings. The Bertz CT molecular complexity index is 2200. The summed E-state index contributed by atoms with van der Waals surface area (Å²) in [5.74, 6) is -1.17. The lowest BCUT2D eigenvalue weighted by Crippen LogP contribution is -2.71. The van der Waals surface area contributed by atoms with Crippen LogP contribution in [0.5, 0.6) is 0 Å². The highest BCUT2D eigenvalue weighted by Gasteiger charge is 2.58. The van der Waals surface area contributed by atoms with E-state index in [-0.39, 0.29) is 12.3 Å². The minimum absolute atomic E-state index is 0.191. The van der Waals surface area contributed by atoms with Gasteiger partial charge in [0.15, 0.2) is 31.5 Å². The number of aliphatic hydroxyl groups is 15. The van der Waals surface area contributed by atoms with E-state index in [9.17, 15) is 86.2 Å². The van der Waals surface area contributed by atoms with Gasteiger partial charge in [0.25, 0.3) is 0 Å². The van der Waals surface area contributed by atoms with Crippen LogP contribution in [0.1, 0.15) is 233 Å². The molecule has 5 saturated heterocycles. The first-order valence-electron chi connectivity index (χ1n) is 38.3. The number of carbonyl (C=O) groups excluding carboxylic acids is 2. The van der Waals surface area contributed by atoms with Crippen LogP contribution in [0.15, 0.2) is 12.2 Å². The summed E-state index contributed by atoms with van der Waals surface area (Å²) in [4.78, 5) is 26.7. The van der Waals surface area contributed by atoms with E-state index in [0.29, 0.717) is 12.8 Å². The average Bonchev–Trinajstić information content (AvgIpc) is 0.766. The van der Waals surface area contributed by atoms with Crippen LogP contribution in [0, 0.1) is 0 Å². The highest BCUT2D eigenvalue weighted by Crippen LogP contribution is 2.38. The van der Waals surface area contributed by atoms with Gasteiger partial charge in [0.2, 0.25) is 11.8 Å². The normalized spacial score (nSPS) is 35.4. The second-order valence-electron chi connectivity index (χ2n) is 28.5. The van der Waals surface area contributed by atoms with Crippen molar-refractivity contribution in [1.82, 2.24) is 10.6 Å². The van der Waals surface area contributed by atoms with Crippen LogP contribution >= 0.6 is 0 Å². The van der Waals surface area contributed by atoms with Gasteiger partial charge in [0.1, 0.15) is 116 Å². The quantitative estimate of drug-likeness (QED) is 0.0306. The Balaban J connectivity index is 1.23. The van der Waals surface area contributed by atoms with Crippen LogP contribution in [-0.4, -0.2) is 287 Å². The maximum absolute atomic E-state index is 13.5. The fourth-order valence-corrected chi connectivity index (χ4v) is 13.9. The Hall–Kier alpha value is -2.32. The van der Waals surface area contributed by atoms with Gasteiger partial charge < -0.3 is 135 Å². The molecule has 5 aliphatic rings. The van der Waals surface area contributed by atoms with Gasteiger partial charge in [-0.2, -0.15) is 0 Å². The molecule has 5 rings (SSSR count). The molecule has 29 heteroatoms. The monoisotopic (exact) mass is 1460 g/mol. The number of hydrogen-bond acceptors (Lipinski definition) is 27. The van der Waals surface area contributed by atoms with Crippen molar-refractivity contribution in [1.29, 1.82) is 0 Å². The molecular weight excluding hydrogens is 1320 g/mol.